The van der Waals surface area contributed by atoms with E-state index in [9.17, 15) is 0 Å². The number of aryl methyl sites for hydroxylation is 19. The van der Waals surface area contributed by atoms with E-state index in [4.69, 9.17) is 0 Å². The molecule has 0 unspecified atom stereocenters. The van der Waals surface area contributed by atoms with Gasteiger partial charge in [-0.3, -0.25) is 0 Å². The van der Waals surface area contributed by atoms with Crippen molar-refractivity contribution in [3.8, 4) is 0 Å². The molecule has 0 atom stereocenters. The quantitative estimate of drug-likeness (QED) is 0.142. The Morgan fingerprint density at radius 2 is 0.402 bits per heavy atom. The largest absolute Gasteiger partial charge is 0.0620 e. The summed E-state index contributed by atoms with van der Waals surface area (Å²) in [6.45, 7) is 40.6. The van der Waals surface area contributed by atoms with E-state index in [1.165, 1.54) is 170 Å². The van der Waals surface area contributed by atoms with E-state index < -0.39 is 0 Å². The maximum atomic E-state index is 2.24. The summed E-state index contributed by atoms with van der Waals surface area (Å²) in [5.41, 5.74) is 25.8. The summed E-state index contributed by atoms with van der Waals surface area (Å²) in [6.07, 6.45) is 0. The van der Waals surface area contributed by atoms with Crippen molar-refractivity contribution in [3.63, 3.8) is 0 Å². The van der Waals surface area contributed by atoms with Crippen LogP contribution in [0.1, 0.15) is 106 Å². The molecule has 15 rings (SSSR count). The van der Waals surface area contributed by atoms with Crippen molar-refractivity contribution in [2.75, 3.05) is 0 Å². The Hall–Kier alpha value is -10.1. The molecule has 0 saturated heterocycles. The lowest BCUT2D eigenvalue weighted by molar-refractivity contribution is 1.30. The van der Waals surface area contributed by atoms with Crippen LogP contribution in [-0.4, -0.2) is 0 Å². The third kappa shape index (κ3) is 22.2. The van der Waals surface area contributed by atoms with Crippen molar-refractivity contribution < 1.29 is 0 Å². The van der Waals surface area contributed by atoms with Gasteiger partial charge in [-0.1, -0.05) is 318 Å². The van der Waals surface area contributed by atoms with Crippen molar-refractivity contribution in [1.29, 1.82) is 0 Å². The summed E-state index contributed by atoms with van der Waals surface area (Å²) in [6, 6.07) is 101. The fourth-order valence-corrected chi connectivity index (χ4v) is 11.7. The highest BCUT2D eigenvalue weighted by molar-refractivity contribution is 5.91. The number of hydrogen-bond acceptors (Lipinski definition) is 0. The van der Waals surface area contributed by atoms with Gasteiger partial charge < -0.3 is 0 Å². The number of rotatable bonds is 0. The average Bonchev–Trinajstić information content (AvgIpc) is 0.907. The maximum Gasteiger partial charge on any atom is -0.0152 e. The summed E-state index contributed by atoms with van der Waals surface area (Å²) in [5, 5.41) is 16.3. The number of fused-ring (bicyclic) bond motifs is 6. The van der Waals surface area contributed by atoms with Crippen LogP contribution in [0.15, 0.2) is 285 Å². The number of hydrogen-bond donors (Lipinski definition) is 0. The smallest absolute Gasteiger partial charge is 0.0152 e. The monoisotopic (exact) mass is 1270 g/mol. The first-order valence-corrected chi connectivity index (χ1v) is 34.3. The predicted molar refractivity (Wildman–Crippen MR) is 433 cm³/mol. The van der Waals surface area contributed by atoms with Gasteiger partial charge in [-0.2, -0.15) is 0 Å². The lowest BCUT2D eigenvalue weighted by Gasteiger charge is -2.04. The summed E-state index contributed by atoms with van der Waals surface area (Å²) in [7, 11) is 0. The van der Waals surface area contributed by atoms with Crippen LogP contribution in [0.5, 0.6) is 0 Å². The lowest BCUT2D eigenvalue weighted by Crippen LogP contribution is -1.82. The van der Waals surface area contributed by atoms with Gasteiger partial charge in [0.15, 0.2) is 0 Å². The van der Waals surface area contributed by atoms with Crippen LogP contribution in [0.25, 0.3) is 64.6 Å². The van der Waals surface area contributed by atoms with Gasteiger partial charge in [0.1, 0.15) is 0 Å². The van der Waals surface area contributed by atoms with E-state index in [0.29, 0.717) is 0 Å². The topological polar surface area (TPSA) is 0 Å². The zero-order valence-corrected chi connectivity index (χ0v) is 61.6. The molecule has 0 heterocycles. The highest BCUT2D eigenvalue weighted by Gasteiger charge is 2.02. The molecule has 0 spiro atoms. The Morgan fingerprint density at radius 3 is 0.887 bits per heavy atom. The Labute approximate surface area is 583 Å². The second kappa shape index (κ2) is 36.7. The molecular formula is C97H104. The molecular weight excluding hydrogens is 1170 g/mol. The molecule has 0 aliphatic rings. The molecule has 97 heavy (non-hydrogen) atoms. The summed E-state index contributed by atoms with van der Waals surface area (Å²) < 4.78 is 0. The normalized spacial score (nSPS) is 10.2. The van der Waals surface area contributed by atoms with Gasteiger partial charge in [0.2, 0.25) is 0 Å². The third-order valence-corrected chi connectivity index (χ3v) is 18.2. The predicted octanol–water partition coefficient (Wildman–Crippen LogP) is 28.0. The minimum Gasteiger partial charge on any atom is -0.0620 e. The molecule has 0 nitrogen and oxygen atoms in total. The van der Waals surface area contributed by atoms with E-state index in [2.05, 4.69) is 417 Å². The molecule has 0 amide bonds. The van der Waals surface area contributed by atoms with Crippen LogP contribution in [0.2, 0.25) is 0 Å². The molecule has 492 valence electrons. The van der Waals surface area contributed by atoms with Crippen molar-refractivity contribution in [1.82, 2.24) is 0 Å². The van der Waals surface area contributed by atoms with Gasteiger partial charge in [0, 0.05) is 0 Å². The van der Waals surface area contributed by atoms with Gasteiger partial charge in [-0.05, 0) is 269 Å². The van der Waals surface area contributed by atoms with E-state index >= 15 is 0 Å². The first kappa shape index (κ1) is 74.3. The van der Waals surface area contributed by atoms with Gasteiger partial charge in [-0.15, -0.1) is 0 Å². The van der Waals surface area contributed by atoms with Gasteiger partial charge >= 0.3 is 0 Å². The first-order chi connectivity index (χ1) is 46.5. The van der Waals surface area contributed by atoms with Crippen molar-refractivity contribution in [2.24, 2.45) is 0 Å². The van der Waals surface area contributed by atoms with Crippen molar-refractivity contribution in [2.45, 2.75) is 132 Å². The van der Waals surface area contributed by atoms with Crippen LogP contribution in [0.4, 0.5) is 0 Å². The molecule has 0 fully saturated rings. The maximum absolute atomic E-state index is 2.24. The van der Waals surface area contributed by atoms with Crippen molar-refractivity contribution >= 4 is 64.6 Å². The summed E-state index contributed by atoms with van der Waals surface area (Å²) in [4.78, 5) is 0. The Morgan fingerprint density at radius 1 is 0.124 bits per heavy atom. The van der Waals surface area contributed by atoms with E-state index in [0.717, 1.165) is 0 Å². The van der Waals surface area contributed by atoms with E-state index in [1.54, 1.807) is 0 Å². The highest BCUT2D eigenvalue weighted by Crippen LogP contribution is 2.26. The SMILES string of the molecule is Cc1cc(C)c2ccccc2c1.Cc1ccc(C)c(C)c1.Cc1ccc(C)c2ccccc12.Cc1ccc(C)c2ccccc12.Cc1ccc(C)cc1.Cc1ccc2c(C)cccc2c1.Cc1ccc2cccc(C)c2c1.Cc1ccc2ccccc2c1C.Cc1ccccc1C. The van der Waals surface area contributed by atoms with Crippen molar-refractivity contribution in [3.05, 3.63) is 391 Å². The second-order valence-electron chi connectivity index (χ2n) is 26.4. The molecule has 0 radical (unpaired) electrons. The average molecular weight is 1270 g/mol. The molecule has 0 aliphatic carbocycles. The standard InChI is InChI=1S/6C12H12.C9H12.2C8H10/c1-9-6-7-12-10(2)4-3-5-11(12)8-9;1-9-6-7-11-5-3-4-10(2)12(11)8-9;1-9-7-10(2)12-6-4-3-5-11(12)8-9;1-9-7-8-11-5-3-4-6-12(11)10(9)2;2*1-9-7-8-10(2)12-6-4-3-5-11(9)12;1-7-4-5-8(2)9(3)6-7;1-7-3-5-8(2)6-4-7;1-7-5-3-4-6-8(7)2/h6*3-8H,1-2H3;4-6H,1-3H3;2*3-6H,1-2H3. The van der Waals surface area contributed by atoms with Crippen LogP contribution in [0, 0.1) is 132 Å². The van der Waals surface area contributed by atoms with Crippen LogP contribution in [0.3, 0.4) is 0 Å². The molecule has 0 aliphatic heterocycles. The minimum atomic E-state index is 1.33. The van der Waals surface area contributed by atoms with E-state index in [-0.39, 0.29) is 0 Å². The van der Waals surface area contributed by atoms with Gasteiger partial charge in [-0.25, -0.2) is 0 Å². The zero-order chi connectivity index (χ0) is 70.1. The summed E-state index contributed by atoms with van der Waals surface area (Å²) >= 11 is 0. The van der Waals surface area contributed by atoms with Crippen LogP contribution < -0.4 is 0 Å². The minimum absolute atomic E-state index is 1.33. The highest BCUT2D eigenvalue weighted by atomic mass is 14.1. The Bertz CT molecular complexity index is 4760. The van der Waals surface area contributed by atoms with Crippen LogP contribution >= 0.6 is 0 Å². The first-order valence-electron chi connectivity index (χ1n) is 34.3. The summed E-state index contributed by atoms with van der Waals surface area (Å²) in [5.74, 6) is 0. The van der Waals surface area contributed by atoms with Gasteiger partial charge in [0.05, 0.1) is 0 Å². The lowest BCUT2D eigenvalue weighted by atomic mass is 10.0. The Kier molecular flexibility index (Phi) is 28.1. The molecule has 15 aromatic carbocycles. The Balaban J connectivity index is 0.000000154. The van der Waals surface area contributed by atoms with Gasteiger partial charge in [0.25, 0.3) is 0 Å². The molecule has 15 aromatic rings. The van der Waals surface area contributed by atoms with E-state index in [1.807, 2.05) is 0 Å². The number of benzene rings is 15. The molecule has 0 aromatic heterocycles. The molecule has 0 heteroatoms. The molecule has 0 N–H and O–H groups in total. The second-order valence-corrected chi connectivity index (χ2v) is 26.4. The van der Waals surface area contributed by atoms with Crippen LogP contribution in [-0.2, 0) is 0 Å². The third-order valence-electron chi connectivity index (χ3n) is 18.2. The fraction of sp³-hybridized carbons (Fsp3) is 0.196. The fourth-order valence-electron chi connectivity index (χ4n) is 11.7. The molecule has 0 saturated carbocycles. The zero-order valence-electron chi connectivity index (χ0n) is 61.6. The molecule has 0 bridgehead atoms.